The number of carbonyl (C=O) groups is 1. The number of rotatable bonds is 7. The molecule has 0 unspecified atom stereocenters. The first-order valence-electron chi connectivity index (χ1n) is 6.05. The van der Waals surface area contributed by atoms with Crippen LogP contribution in [-0.2, 0) is 16.1 Å². The summed E-state index contributed by atoms with van der Waals surface area (Å²) in [5, 5.41) is 2.90. The third-order valence-corrected chi connectivity index (χ3v) is 3.09. The van der Waals surface area contributed by atoms with Gasteiger partial charge in [-0.1, -0.05) is 0 Å². The molecule has 0 fully saturated rings. The van der Waals surface area contributed by atoms with Crippen molar-refractivity contribution in [2.45, 2.75) is 26.3 Å². The van der Waals surface area contributed by atoms with Crippen LogP contribution in [0.4, 0.5) is 8.78 Å². The van der Waals surface area contributed by atoms with Crippen molar-refractivity contribution in [2.24, 2.45) is 0 Å². The van der Waals surface area contributed by atoms with Gasteiger partial charge in [-0.3, -0.25) is 4.79 Å². The lowest BCUT2D eigenvalue weighted by Gasteiger charge is -2.08. The second kappa shape index (κ2) is 8.22. The molecule has 0 spiro atoms. The maximum absolute atomic E-state index is 13.6. The number of benzene rings is 1. The SMILES string of the molecule is CCOC(=O)CCCNCc1c(F)ccc(Br)c1F. The van der Waals surface area contributed by atoms with E-state index in [-0.39, 0.29) is 22.6 Å². The Morgan fingerprint density at radius 1 is 1.42 bits per heavy atom. The van der Waals surface area contributed by atoms with Crippen molar-refractivity contribution in [3.8, 4) is 0 Å². The molecule has 0 atom stereocenters. The molecule has 106 valence electrons. The van der Waals surface area contributed by atoms with Crippen molar-refractivity contribution < 1.29 is 18.3 Å². The molecule has 0 aromatic heterocycles. The standard InChI is InChI=1S/C13H16BrF2NO2/c1-2-19-12(18)4-3-7-17-8-9-11(15)6-5-10(14)13(9)16/h5-6,17H,2-4,7-8H2,1H3. The maximum atomic E-state index is 13.6. The molecule has 0 aliphatic carbocycles. The Bertz CT molecular complexity index is 441. The third-order valence-electron chi connectivity index (χ3n) is 2.48. The monoisotopic (exact) mass is 335 g/mol. The van der Waals surface area contributed by atoms with Crippen molar-refractivity contribution >= 4 is 21.9 Å². The Kier molecular flexibility index (Phi) is 6.94. The number of esters is 1. The van der Waals surface area contributed by atoms with Crippen LogP contribution < -0.4 is 5.32 Å². The van der Waals surface area contributed by atoms with Gasteiger partial charge in [-0.05, 0) is 48.0 Å². The van der Waals surface area contributed by atoms with Crippen LogP contribution in [0.2, 0.25) is 0 Å². The van der Waals surface area contributed by atoms with Gasteiger partial charge in [0.25, 0.3) is 0 Å². The lowest BCUT2D eigenvalue weighted by molar-refractivity contribution is -0.143. The minimum atomic E-state index is -0.599. The second-order valence-electron chi connectivity index (χ2n) is 3.91. The average Bonchev–Trinajstić information content (AvgIpc) is 2.38. The molecule has 1 aromatic carbocycles. The Hall–Kier alpha value is -1.01. The summed E-state index contributed by atoms with van der Waals surface area (Å²) in [6, 6.07) is 2.54. The van der Waals surface area contributed by atoms with Gasteiger partial charge >= 0.3 is 5.97 Å². The smallest absolute Gasteiger partial charge is 0.305 e. The summed E-state index contributed by atoms with van der Waals surface area (Å²) in [5.74, 6) is -1.44. The first-order chi connectivity index (χ1) is 9.06. The van der Waals surface area contributed by atoms with E-state index in [9.17, 15) is 13.6 Å². The molecule has 0 saturated heterocycles. The third kappa shape index (κ3) is 5.24. The molecule has 0 radical (unpaired) electrons. The van der Waals surface area contributed by atoms with Gasteiger partial charge in [0.15, 0.2) is 0 Å². The zero-order chi connectivity index (χ0) is 14.3. The molecule has 1 aromatic rings. The normalized spacial score (nSPS) is 10.5. The molecule has 1 N–H and O–H groups in total. The van der Waals surface area contributed by atoms with E-state index in [4.69, 9.17) is 4.74 Å². The summed E-state index contributed by atoms with van der Waals surface area (Å²) >= 11 is 3.01. The van der Waals surface area contributed by atoms with Crippen molar-refractivity contribution in [2.75, 3.05) is 13.2 Å². The summed E-state index contributed by atoms with van der Waals surface area (Å²) in [5.41, 5.74) is -0.00879. The predicted octanol–water partition coefficient (Wildman–Crippen LogP) is 3.16. The summed E-state index contributed by atoms with van der Waals surface area (Å²) < 4.78 is 32.0. The van der Waals surface area contributed by atoms with Gasteiger partial charge in [0.05, 0.1) is 11.1 Å². The van der Waals surface area contributed by atoms with E-state index in [1.165, 1.54) is 12.1 Å². The van der Waals surface area contributed by atoms with Gasteiger partial charge < -0.3 is 10.1 Å². The van der Waals surface area contributed by atoms with Crippen molar-refractivity contribution in [3.05, 3.63) is 33.8 Å². The number of hydrogen-bond acceptors (Lipinski definition) is 3. The van der Waals surface area contributed by atoms with Crippen LogP contribution in [0.15, 0.2) is 16.6 Å². The van der Waals surface area contributed by atoms with Gasteiger partial charge in [0.1, 0.15) is 11.6 Å². The van der Waals surface area contributed by atoms with Gasteiger partial charge in [-0.15, -0.1) is 0 Å². The fraction of sp³-hybridized carbons (Fsp3) is 0.462. The largest absolute Gasteiger partial charge is 0.466 e. The van der Waals surface area contributed by atoms with E-state index >= 15 is 0 Å². The van der Waals surface area contributed by atoms with E-state index in [2.05, 4.69) is 21.2 Å². The molecule has 19 heavy (non-hydrogen) atoms. The molecule has 0 bridgehead atoms. The Labute approximate surface area is 119 Å². The number of ether oxygens (including phenoxy) is 1. The minimum Gasteiger partial charge on any atom is -0.466 e. The fourth-order valence-electron chi connectivity index (χ4n) is 1.54. The first kappa shape index (κ1) is 16.0. The molecular weight excluding hydrogens is 320 g/mol. The van der Waals surface area contributed by atoms with Gasteiger partial charge in [-0.25, -0.2) is 8.78 Å². The van der Waals surface area contributed by atoms with Gasteiger partial charge in [0, 0.05) is 18.5 Å². The van der Waals surface area contributed by atoms with Crippen molar-refractivity contribution in [1.82, 2.24) is 5.32 Å². The molecule has 0 aliphatic heterocycles. The molecule has 0 saturated carbocycles. The van der Waals surface area contributed by atoms with Crippen LogP contribution in [0.5, 0.6) is 0 Å². The van der Waals surface area contributed by atoms with Crippen LogP contribution in [-0.4, -0.2) is 19.1 Å². The summed E-state index contributed by atoms with van der Waals surface area (Å²) in [6.45, 7) is 2.68. The number of nitrogens with one attached hydrogen (secondary N) is 1. The van der Waals surface area contributed by atoms with Crippen molar-refractivity contribution in [3.63, 3.8) is 0 Å². The van der Waals surface area contributed by atoms with Crippen LogP contribution in [0.25, 0.3) is 0 Å². The van der Waals surface area contributed by atoms with Gasteiger partial charge in [-0.2, -0.15) is 0 Å². The minimum absolute atomic E-state index is 0.00879. The van der Waals surface area contributed by atoms with Crippen LogP contribution in [0, 0.1) is 11.6 Å². The first-order valence-corrected chi connectivity index (χ1v) is 6.84. The Morgan fingerprint density at radius 3 is 2.84 bits per heavy atom. The second-order valence-corrected chi connectivity index (χ2v) is 4.76. The lowest BCUT2D eigenvalue weighted by atomic mass is 10.2. The zero-order valence-electron chi connectivity index (χ0n) is 10.6. The molecule has 3 nitrogen and oxygen atoms in total. The van der Waals surface area contributed by atoms with E-state index in [0.29, 0.717) is 26.0 Å². The van der Waals surface area contributed by atoms with E-state index in [1.807, 2.05) is 0 Å². The quantitative estimate of drug-likeness (QED) is 0.472. The zero-order valence-corrected chi connectivity index (χ0v) is 12.2. The summed E-state index contributed by atoms with van der Waals surface area (Å²) in [6.07, 6.45) is 0.861. The Balaban J connectivity index is 2.34. The molecule has 0 amide bonds. The highest BCUT2D eigenvalue weighted by Gasteiger charge is 2.11. The molecular formula is C13H16BrF2NO2. The highest BCUT2D eigenvalue weighted by atomic mass is 79.9. The van der Waals surface area contributed by atoms with Crippen molar-refractivity contribution in [1.29, 1.82) is 0 Å². The van der Waals surface area contributed by atoms with Gasteiger partial charge in [0.2, 0.25) is 0 Å². The maximum Gasteiger partial charge on any atom is 0.305 e. The fourth-order valence-corrected chi connectivity index (χ4v) is 1.91. The summed E-state index contributed by atoms with van der Waals surface area (Å²) in [4.78, 5) is 11.1. The highest BCUT2D eigenvalue weighted by molar-refractivity contribution is 9.10. The molecule has 6 heteroatoms. The predicted molar refractivity (Wildman–Crippen MR) is 71.6 cm³/mol. The summed E-state index contributed by atoms with van der Waals surface area (Å²) in [7, 11) is 0. The molecule has 1 rings (SSSR count). The number of carbonyl (C=O) groups excluding carboxylic acids is 1. The van der Waals surface area contributed by atoms with E-state index in [1.54, 1.807) is 6.92 Å². The lowest BCUT2D eigenvalue weighted by Crippen LogP contribution is -2.18. The number of halogens is 3. The van der Waals surface area contributed by atoms with E-state index < -0.39 is 11.6 Å². The Morgan fingerprint density at radius 2 is 2.16 bits per heavy atom. The van der Waals surface area contributed by atoms with E-state index in [0.717, 1.165) is 0 Å². The van der Waals surface area contributed by atoms with Crippen LogP contribution in [0.1, 0.15) is 25.3 Å². The topological polar surface area (TPSA) is 38.3 Å². The molecule has 0 aliphatic rings. The average molecular weight is 336 g/mol. The molecule has 0 heterocycles. The highest BCUT2D eigenvalue weighted by Crippen LogP contribution is 2.21. The van der Waals surface area contributed by atoms with Crippen LogP contribution >= 0.6 is 15.9 Å². The number of hydrogen-bond donors (Lipinski definition) is 1. The van der Waals surface area contributed by atoms with Crippen LogP contribution in [0.3, 0.4) is 0 Å².